The number of carbonyl (C=O) groups excluding carboxylic acids is 2. The molecule has 0 atom stereocenters. The van der Waals surface area contributed by atoms with Gasteiger partial charge < -0.3 is 20.1 Å². The monoisotopic (exact) mass is 576 g/mol. The van der Waals surface area contributed by atoms with Crippen molar-refractivity contribution in [1.82, 2.24) is 10.6 Å². The fraction of sp³-hybridized carbons (Fsp3) is 0.267. The van der Waals surface area contributed by atoms with Gasteiger partial charge in [0.05, 0.1) is 13.2 Å². The zero-order valence-corrected chi connectivity index (χ0v) is 24.6. The van der Waals surface area contributed by atoms with Crippen molar-refractivity contribution >= 4 is 35.5 Å². The van der Waals surface area contributed by atoms with E-state index in [-0.39, 0.29) is 32.8 Å². The molecule has 40 heavy (non-hydrogen) atoms. The summed E-state index contributed by atoms with van der Waals surface area (Å²) in [6.07, 6.45) is 0. The molecular weight excluding hydrogens is 544 g/mol. The smallest absolute Gasteiger partial charge is 0.346 e. The minimum atomic E-state index is -0.623. The molecule has 0 aliphatic carbocycles. The molecule has 0 amide bonds. The van der Waals surface area contributed by atoms with Crippen LogP contribution in [0.25, 0.3) is 0 Å². The second-order valence-corrected chi connectivity index (χ2v) is 10.2. The molecule has 0 saturated heterocycles. The fourth-order valence-electron chi connectivity index (χ4n) is 3.20. The SMILES string of the molecule is CCOC(=O)/C(S/C(C#N)=C(/C#N)S/C(C(=O)OCC)=C(\C)NCc1ccccc1)=C(/C)NCc1ccccc1. The molecule has 2 N–H and O–H groups in total. The first kappa shape index (κ1) is 32.1. The zero-order chi connectivity index (χ0) is 29.3. The standard InChI is InChI=1S/C30H32N4O4S2/c1-5-37-29(35)27(21(3)33-19-23-13-9-7-10-14-23)39-25(17-31)26(18-32)40-28(30(36)38-6-2)22(4)34-20-24-15-11-8-12-16-24/h7-16,33-34H,5-6,19-20H2,1-4H3/b26-25-,27-21+,28-22+. The molecule has 0 spiro atoms. The lowest BCUT2D eigenvalue weighted by Crippen LogP contribution is -2.17. The van der Waals surface area contributed by atoms with E-state index in [0.717, 1.165) is 34.7 Å². The molecule has 0 bridgehead atoms. The van der Waals surface area contributed by atoms with Crippen molar-refractivity contribution in [3.8, 4) is 12.1 Å². The highest BCUT2D eigenvalue weighted by atomic mass is 32.2. The van der Waals surface area contributed by atoms with Crippen LogP contribution in [0.2, 0.25) is 0 Å². The molecule has 0 fully saturated rings. The van der Waals surface area contributed by atoms with Crippen molar-refractivity contribution in [3.63, 3.8) is 0 Å². The first-order valence-corrected chi connectivity index (χ1v) is 14.2. The number of esters is 2. The lowest BCUT2D eigenvalue weighted by molar-refractivity contribution is -0.138. The molecule has 208 valence electrons. The Kier molecular flexibility index (Phi) is 14.0. The van der Waals surface area contributed by atoms with Gasteiger partial charge in [0.15, 0.2) is 0 Å². The Morgan fingerprint density at radius 3 is 1.35 bits per heavy atom. The van der Waals surface area contributed by atoms with Crippen LogP contribution in [0.1, 0.15) is 38.8 Å². The summed E-state index contributed by atoms with van der Waals surface area (Å²) < 4.78 is 10.5. The third kappa shape index (κ3) is 10.2. The summed E-state index contributed by atoms with van der Waals surface area (Å²) in [5.74, 6) is -1.25. The van der Waals surface area contributed by atoms with Gasteiger partial charge in [-0.15, -0.1) is 0 Å². The largest absolute Gasteiger partial charge is 0.462 e. The van der Waals surface area contributed by atoms with Crippen molar-refractivity contribution in [2.45, 2.75) is 40.8 Å². The maximum absolute atomic E-state index is 12.8. The predicted molar refractivity (Wildman–Crippen MR) is 159 cm³/mol. The van der Waals surface area contributed by atoms with Crippen LogP contribution in [-0.4, -0.2) is 25.2 Å². The highest BCUT2D eigenvalue weighted by molar-refractivity contribution is 8.11. The van der Waals surface area contributed by atoms with Gasteiger partial charge >= 0.3 is 11.9 Å². The Bertz CT molecular complexity index is 1240. The Morgan fingerprint density at radius 2 is 1.05 bits per heavy atom. The van der Waals surface area contributed by atoms with Crippen LogP contribution in [0.15, 0.2) is 91.7 Å². The fourth-order valence-corrected chi connectivity index (χ4v) is 4.96. The van der Waals surface area contributed by atoms with Crippen molar-refractivity contribution < 1.29 is 19.1 Å². The van der Waals surface area contributed by atoms with E-state index in [1.54, 1.807) is 27.7 Å². The normalized spacial score (nSPS) is 12.4. The van der Waals surface area contributed by atoms with E-state index >= 15 is 0 Å². The van der Waals surface area contributed by atoms with E-state index in [9.17, 15) is 20.1 Å². The van der Waals surface area contributed by atoms with E-state index in [1.165, 1.54) is 0 Å². The van der Waals surface area contributed by atoms with Gasteiger partial charge in [-0.25, -0.2) is 9.59 Å². The molecule has 2 aromatic carbocycles. The Hall–Kier alpha value is -4.12. The number of thioether (sulfide) groups is 2. The van der Waals surface area contributed by atoms with Gasteiger partial charge in [-0.1, -0.05) is 84.2 Å². The summed E-state index contributed by atoms with van der Waals surface area (Å²) in [7, 11) is 0. The average Bonchev–Trinajstić information content (AvgIpc) is 2.97. The van der Waals surface area contributed by atoms with E-state index in [0.29, 0.717) is 24.5 Å². The molecular formula is C30H32N4O4S2. The number of hydrogen-bond donors (Lipinski definition) is 2. The molecule has 0 aromatic heterocycles. The second kappa shape index (κ2) is 17.5. The number of nitrogens with zero attached hydrogens (tertiary/aromatic N) is 2. The molecule has 0 saturated carbocycles. The number of rotatable bonds is 14. The molecule has 0 aliphatic heterocycles. The number of ether oxygens (including phenoxy) is 2. The topological polar surface area (TPSA) is 124 Å². The number of allylic oxidation sites excluding steroid dienone is 4. The summed E-state index contributed by atoms with van der Waals surface area (Å²) in [5, 5.41) is 26.4. The minimum absolute atomic E-state index is 0.0472. The van der Waals surface area contributed by atoms with Gasteiger partial charge in [-0.2, -0.15) is 10.5 Å². The number of hydrogen-bond acceptors (Lipinski definition) is 10. The molecule has 0 radical (unpaired) electrons. The highest BCUT2D eigenvalue weighted by Crippen LogP contribution is 2.37. The summed E-state index contributed by atoms with van der Waals surface area (Å²) in [6.45, 7) is 7.96. The average molecular weight is 577 g/mol. The summed E-state index contributed by atoms with van der Waals surface area (Å²) in [5.41, 5.74) is 2.98. The summed E-state index contributed by atoms with van der Waals surface area (Å²) >= 11 is 1.65. The van der Waals surface area contributed by atoms with Crippen LogP contribution >= 0.6 is 23.5 Å². The van der Waals surface area contributed by atoms with Crippen molar-refractivity contribution in [3.05, 3.63) is 103 Å². The Morgan fingerprint density at radius 1 is 0.700 bits per heavy atom. The molecule has 0 unspecified atom stereocenters. The van der Waals surface area contributed by atoms with Crippen LogP contribution in [-0.2, 0) is 32.2 Å². The number of benzene rings is 2. The molecule has 8 nitrogen and oxygen atoms in total. The Labute approximate surface area is 244 Å². The van der Waals surface area contributed by atoms with Crippen LogP contribution in [0.5, 0.6) is 0 Å². The van der Waals surface area contributed by atoms with Gasteiger partial charge in [-0.05, 0) is 38.8 Å². The third-order valence-corrected chi connectivity index (χ3v) is 7.70. The molecule has 0 heterocycles. The Balaban J connectivity index is 2.41. The predicted octanol–water partition coefficient (Wildman–Crippen LogP) is 5.88. The molecule has 2 aromatic rings. The molecule has 0 aliphatic rings. The number of carbonyl (C=O) groups is 2. The van der Waals surface area contributed by atoms with Gasteiger partial charge in [0.25, 0.3) is 0 Å². The second-order valence-electron chi connectivity index (χ2n) is 8.11. The lowest BCUT2D eigenvalue weighted by Gasteiger charge is -2.15. The van der Waals surface area contributed by atoms with Crippen LogP contribution in [0, 0.1) is 22.7 Å². The van der Waals surface area contributed by atoms with E-state index < -0.39 is 11.9 Å². The zero-order valence-electron chi connectivity index (χ0n) is 22.9. The van der Waals surface area contributed by atoms with Crippen LogP contribution in [0.4, 0.5) is 0 Å². The van der Waals surface area contributed by atoms with E-state index in [4.69, 9.17) is 9.47 Å². The van der Waals surface area contributed by atoms with Crippen LogP contribution < -0.4 is 10.6 Å². The highest BCUT2D eigenvalue weighted by Gasteiger charge is 2.24. The number of nitriles is 2. The molecule has 10 heteroatoms. The van der Waals surface area contributed by atoms with Gasteiger partial charge in [-0.3, -0.25) is 0 Å². The maximum atomic E-state index is 12.8. The maximum Gasteiger partial charge on any atom is 0.346 e. The minimum Gasteiger partial charge on any atom is -0.462 e. The van der Waals surface area contributed by atoms with Gasteiger partial charge in [0, 0.05) is 24.5 Å². The molecule has 2 rings (SSSR count). The van der Waals surface area contributed by atoms with E-state index in [1.807, 2.05) is 72.8 Å². The van der Waals surface area contributed by atoms with Crippen molar-refractivity contribution in [1.29, 1.82) is 10.5 Å². The third-order valence-electron chi connectivity index (χ3n) is 5.22. The van der Waals surface area contributed by atoms with Crippen LogP contribution in [0.3, 0.4) is 0 Å². The van der Waals surface area contributed by atoms with E-state index in [2.05, 4.69) is 10.6 Å². The summed E-state index contributed by atoms with van der Waals surface area (Å²) in [6, 6.07) is 23.3. The van der Waals surface area contributed by atoms with Crippen molar-refractivity contribution in [2.75, 3.05) is 13.2 Å². The summed E-state index contributed by atoms with van der Waals surface area (Å²) in [4.78, 5) is 25.9. The number of nitrogens with one attached hydrogen (secondary N) is 2. The lowest BCUT2D eigenvalue weighted by atomic mass is 10.2. The quantitative estimate of drug-likeness (QED) is 0.160. The van der Waals surface area contributed by atoms with Gasteiger partial charge in [0.1, 0.15) is 31.8 Å². The first-order chi connectivity index (χ1) is 19.3. The van der Waals surface area contributed by atoms with Gasteiger partial charge in [0.2, 0.25) is 0 Å². The first-order valence-electron chi connectivity index (χ1n) is 12.6. The van der Waals surface area contributed by atoms with Crippen molar-refractivity contribution in [2.24, 2.45) is 0 Å².